The number of methoxy groups -OCH3 is 4. The normalized spacial score (nSPS) is 10.7. The van der Waals surface area contributed by atoms with E-state index in [1.165, 1.54) is 33.5 Å². The summed E-state index contributed by atoms with van der Waals surface area (Å²) in [6.45, 7) is 0. The van der Waals surface area contributed by atoms with Crippen molar-refractivity contribution in [2.24, 2.45) is 0 Å². The fraction of sp³-hybridized carbons (Fsp3) is 0.154. The summed E-state index contributed by atoms with van der Waals surface area (Å²) in [7, 11) is 5.87. The third-order valence-corrected chi connectivity index (χ3v) is 5.89. The minimum absolute atomic E-state index is 0.0916. The fourth-order valence-electron chi connectivity index (χ4n) is 3.57. The van der Waals surface area contributed by atoms with Crippen molar-refractivity contribution in [1.82, 2.24) is 0 Å². The Balaban J connectivity index is 1.87. The molecule has 0 aliphatic rings. The quantitative estimate of drug-likeness (QED) is 0.284. The van der Waals surface area contributed by atoms with Gasteiger partial charge >= 0.3 is 5.97 Å². The summed E-state index contributed by atoms with van der Waals surface area (Å²) < 4.78 is 33.6. The van der Waals surface area contributed by atoms with Crippen LogP contribution < -0.4 is 29.1 Å². The van der Waals surface area contributed by atoms with Crippen LogP contribution in [0, 0.1) is 0 Å². The van der Waals surface area contributed by atoms with E-state index >= 15 is 0 Å². The second kappa shape index (κ2) is 10.1. The van der Waals surface area contributed by atoms with Gasteiger partial charge in [0.2, 0.25) is 16.9 Å². The lowest BCUT2D eigenvalue weighted by Crippen LogP contribution is -2.16. The molecule has 0 radical (unpaired) electrons. The third-order valence-electron chi connectivity index (χ3n) is 5.27. The van der Waals surface area contributed by atoms with Crippen molar-refractivity contribution >= 4 is 32.9 Å². The SMILES string of the molecule is COc1ccc(-c2oc3ccccc3c(=O)c2OC(=O)c2cc(OC)c(OC)c(OC)c2)cc1Br. The second-order valence-corrected chi connectivity index (χ2v) is 8.09. The van der Waals surface area contributed by atoms with Gasteiger partial charge in [0.05, 0.1) is 43.9 Å². The minimum atomic E-state index is -0.805. The summed E-state index contributed by atoms with van der Waals surface area (Å²) in [4.78, 5) is 26.6. The van der Waals surface area contributed by atoms with E-state index in [1.807, 2.05) is 0 Å². The largest absolute Gasteiger partial charge is 0.496 e. The highest BCUT2D eigenvalue weighted by Crippen LogP contribution is 2.39. The number of fused-ring (bicyclic) bond motifs is 1. The third kappa shape index (κ3) is 4.54. The summed E-state index contributed by atoms with van der Waals surface area (Å²) in [5.74, 6) is 0.485. The van der Waals surface area contributed by atoms with Crippen molar-refractivity contribution < 1.29 is 32.9 Å². The Kier molecular flexibility index (Phi) is 6.97. The maximum atomic E-state index is 13.4. The molecule has 4 rings (SSSR count). The van der Waals surface area contributed by atoms with Gasteiger partial charge in [0.15, 0.2) is 17.3 Å². The number of esters is 1. The first kappa shape index (κ1) is 24.2. The molecule has 0 bridgehead atoms. The van der Waals surface area contributed by atoms with Crippen molar-refractivity contribution in [2.45, 2.75) is 0 Å². The predicted octanol–water partition coefficient (Wildman–Crippen LogP) is 5.48. The molecule has 0 spiro atoms. The number of hydrogen-bond acceptors (Lipinski definition) is 8. The van der Waals surface area contributed by atoms with E-state index in [4.69, 9.17) is 28.1 Å². The van der Waals surface area contributed by atoms with E-state index < -0.39 is 11.4 Å². The Hall–Kier alpha value is -3.98. The number of para-hydroxylation sites is 1. The predicted molar refractivity (Wildman–Crippen MR) is 133 cm³/mol. The minimum Gasteiger partial charge on any atom is -0.496 e. The van der Waals surface area contributed by atoms with E-state index in [0.717, 1.165) is 0 Å². The topological polar surface area (TPSA) is 93.4 Å². The Morgan fingerprint density at radius 1 is 0.800 bits per heavy atom. The Morgan fingerprint density at radius 2 is 1.46 bits per heavy atom. The van der Waals surface area contributed by atoms with Crippen molar-refractivity contribution in [3.05, 3.63) is 74.9 Å². The zero-order valence-corrected chi connectivity index (χ0v) is 20.9. The molecule has 8 nitrogen and oxygen atoms in total. The first-order valence-electron chi connectivity index (χ1n) is 10.3. The van der Waals surface area contributed by atoms with Crippen LogP contribution in [0.5, 0.6) is 28.7 Å². The highest BCUT2D eigenvalue weighted by molar-refractivity contribution is 9.10. The maximum Gasteiger partial charge on any atom is 0.344 e. The number of halogens is 1. The molecule has 9 heteroatoms. The van der Waals surface area contributed by atoms with Gasteiger partial charge < -0.3 is 28.1 Å². The smallest absolute Gasteiger partial charge is 0.344 e. The molecule has 0 aliphatic carbocycles. The molecular weight excluding hydrogens is 520 g/mol. The molecule has 35 heavy (non-hydrogen) atoms. The molecule has 3 aromatic carbocycles. The Bertz CT molecular complexity index is 1450. The van der Waals surface area contributed by atoms with Gasteiger partial charge in [-0.2, -0.15) is 0 Å². The van der Waals surface area contributed by atoms with Gasteiger partial charge in [-0.3, -0.25) is 4.79 Å². The fourth-order valence-corrected chi connectivity index (χ4v) is 4.11. The van der Waals surface area contributed by atoms with Crippen LogP contribution in [-0.4, -0.2) is 34.4 Å². The summed E-state index contributed by atoms with van der Waals surface area (Å²) in [6.07, 6.45) is 0. The van der Waals surface area contributed by atoms with Gasteiger partial charge in [0, 0.05) is 5.56 Å². The van der Waals surface area contributed by atoms with Crippen LogP contribution in [-0.2, 0) is 0 Å². The maximum absolute atomic E-state index is 13.4. The molecule has 1 heterocycles. The summed E-state index contributed by atoms with van der Waals surface area (Å²) in [5.41, 5.74) is 0.462. The van der Waals surface area contributed by atoms with E-state index in [9.17, 15) is 9.59 Å². The molecule has 180 valence electrons. The first-order valence-corrected chi connectivity index (χ1v) is 11.1. The van der Waals surface area contributed by atoms with E-state index in [0.29, 0.717) is 27.1 Å². The lowest BCUT2D eigenvalue weighted by atomic mass is 10.1. The number of carbonyl (C=O) groups excluding carboxylic acids is 1. The molecule has 0 fully saturated rings. The molecular formula is C26H21BrO8. The molecule has 0 unspecified atom stereocenters. The standard InChI is InChI=1S/C26H21BrO8/c1-30-19-10-9-14(11-17(19)27)23-25(22(28)16-7-5-6-8-18(16)34-23)35-26(29)15-12-20(31-2)24(33-4)21(13-15)32-3/h5-13H,1-4H3. The average molecular weight is 541 g/mol. The summed E-state index contributed by atoms with van der Waals surface area (Å²) >= 11 is 3.44. The molecule has 0 atom stereocenters. The first-order chi connectivity index (χ1) is 16.9. The van der Waals surface area contributed by atoms with Gasteiger partial charge in [0.1, 0.15) is 11.3 Å². The highest BCUT2D eigenvalue weighted by Gasteiger charge is 2.24. The van der Waals surface area contributed by atoms with Gasteiger partial charge in [-0.05, 0) is 58.4 Å². The van der Waals surface area contributed by atoms with Crippen molar-refractivity contribution in [3.63, 3.8) is 0 Å². The van der Waals surface area contributed by atoms with Crippen molar-refractivity contribution in [2.75, 3.05) is 28.4 Å². The van der Waals surface area contributed by atoms with Gasteiger partial charge in [0.25, 0.3) is 0 Å². The zero-order chi connectivity index (χ0) is 25.1. The van der Waals surface area contributed by atoms with Crippen LogP contribution in [0.25, 0.3) is 22.3 Å². The van der Waals surface area contributed by atoms with Crippen LogP contribution in [0.4, 0.5) is 0 Å². The number of ether oxygens (including phenoxy) is 5. The average Bonchev–Trinajstić information content (AvgIpc) is 2.89. The second-order valence-electron chi connectivity index (χ2n) is 7.24. The number of hydrogen-bond donors (Lipinski definition) is 0. The van der Waals surface area contributed by atoms with Crippen LogP contribution >= 0.6 is 15.9 Å². The molecule has 0 saturated heterocycles. The molecule has 0 N–H and O–H groups in total. The van der Waals surface area contributed by atoms with E-state index in [1.54, 1.807) is 49.6 Å². The van der Waals surface area contributed by atoms with Gasteiger partial charge in [-0.1, -0.05) is 12.1 Å². The van der Waals surface area contributed by atoms with Crippen LogP contribution in [0.1, 0.15) is 10.4 Å². The molecule has 0 amide bonds. The Labute approximate surface area is 209 Å². The molecule has 4 aromatic rings. The number of carbonyl (C=O) groups is 1. The lowest BCUT2D eigenvalue weighted by Gasteiger charge is -2.15. The lowest BCUT2D eigenvalue weighted by molar-refractivity contribution is 0.0730. The van der Waals surface area contributed by atoms with Crippen LogP contribution in [0.3, 0.4) is 0 Å². The summed E-state index contributed by atoms with van der Waals surface area (Å²) in [5, 5.41) is 0.275. The molecule has 0 saturated carbocycles. The van der Waals surface area contributed by atoms with E-state index in [-0.39, 0.29) is 34.0 Å². The number of rotatable bonds is 7. The number of benzene rings is 3. The monoisotopic (exact) mass is 540 g/mol. The molecule has 1 aromatic heterocycles. The summed E-state index contributed by atoms with van der Waals surface area (Å²) in [6, 6.07) is 14.7. The van der Waals surface area contributed by atoms with Gasteiger partial charge in [-0.25, -0.2) is 4.79 Å². The van der Waals surface area contributed by atoms with Crippen molar-refractivity contribution in [3.8, 4) is 40.1 Å². The highest BCUT2D eigenvalue weighted by atomic mass is 79.9. The van der Waals surface area contributed by atoms with Crippen LogP contribution in [0.2, 0.25) is 0 Å². The molecule has 0 aliphatic heterocycles. The van der Waals surface area contributed by atoms with Gasteiger partial charge in [-0.15, -0.1) is 0 Å². The zero-order valence-electron chi connectivity index (χ0n) is 19.3. The van der Waals surface area contributed by atoms with E-state index in [2.05, 4.69) is 15.9 Å². The van der Waals surface area contributed by atoms with Crippen LogP contribution in [0.15, 0.2) is 68.3 Å². The Morgan fingerprint density at radius 3 is 2.06 bits per heavy atom. The van der Waals surface area contributed by atoms with Crippen molar-refractivity contribution in [1.29, 1.82) is 0 Å².